The number of amidine groups is 1. The van der Waals surface area contributed by atoms with Crippen LogP contribution >= 0.6 is 23.4 Å². The highest BCUT2D eigenvalue weighted by atomic mass is 35.5. The number of nitrogen functional groups attached to an aromatic ring is 1. The molecule has 1 heterocycles. The number of nitrogens with two attached hydrogens (primary N) is 1. The molecular weight excluding hydrogens is 268 g/mol. The standard InChI is InChI=1S/C12H13ClN4S/c1-7-10(11(14)15)12(17(2)16-7)18-9-5-3-4-8(13)6-9/h3-6H,1-2H3,(H3,14,15). The first-order valence-corrected chi connectivity index (χ1v) is 6.50. The number of nitrogens with one attached hydrogen (secondary N) is 1. The Kier molecular flexibility index (Phi) is 3.63. The SMILES string of the molecule is Cc1nn(C)c(Sc2cccc(Cl)c2)c1C(=N)N. The van der Waals surface area contributed by atoms with Gasteiger partial charge in [0, 0.05) is 17.0 Å². The van der Waals surface area contributed by atoms with Gasteiger partial charge in [0.1, 0.15) is 10.9 Å². The summed E-state index contributed by atoms with van der Waals surface area (Å²) in [6.45, 7) is 1.85. The molecule has 0 bridgehead atoms. The Labute approximate surface area is 115 Å². The second-order valence-electron chi connectivity index (χ2n) is 3.86. The zero-order valence-corrected chi connectivity index (χ0v) is 11.6. The number of aromatic nitrogens is 2. The van der Waals surface area contributed by atoms with Crippen LogP contribution in [0.1, 0.15) is 11.3 Å². The van der Waals surface area contributed by atoms with Crippen molar-refractivity contribution in [2.45, 2.75) is 16.8 Å². The van der Waals surface area contributed by atoms with E-state index in [-0.39, 0.29) is 5.84 Å². The molecule has 6 heteroatoms. The van der Waals surface area contributed by atoms with E-state index in [1.165, 1.54) is 11.8 Å². The van der Waals surface area contributed by atoms with Crippen LogP contribution < -0.4 is 5.73 Å². The Morgan fingerprint density at radius 3 is 2.83 bits per heavy atom. The number of nitrogens with zero attached hydrogens (tertiary/aromatic N) is 2. The van der Waals surface area contributed by atoms with Crippen LogP contribution in [0, 0.1) is 12.3 Å². The summed E-state index contributed by atoms with van der Waals surface area (Å²) < 4.78 is 1.73. The molecule has 0 unspecified atom stereocenters. The second kappa shape index (κ2) is 5.04. The fraction of sp³-hybridized carbons (Fsp3) is 0.167. The van der Waals surface area contributed by atoms with E-state index in [9.17, 15) is 0 Å². The van der Waals surface area contributed by atoms with Gasteiger partial charge in [-0.3, -0.25) is 10.1 Å². The molecule has 2 aromatic rings. The van der Waals surface area contributed by atoms with Gasteiger partial charge >= 0.3 is 0 Å². The van der Waals surface area contributed by atoms with Crippen LogP contribution in [0.3, 0.4) is 0 Å². The van der Waals surface area contributed by atoms with E-state index in [0.717, 1.165) is 15.6 Å². The zero-order chi connectivity index (χ0) is 13.3. The van der Waals surface area contributed by atoms with E-state index in [1.807, 2.05) is 38.2 Å². The average Bonchev–Trinajstić information content (AvgIpc) is 2.53. The molecule has 0 aliphatic rings. The van der Waals surface area contributed by atoms with Crippen molar-refractivity contribution in [1.82, 2.24) is 9.78 Å². The van der Waals surface area contributed by atoms with Crippen molar-refractivity contribution in [2.24, 2.45) is 12.8 Å². The number of rotatable bonds is 3. The van der Waals surface area contributed by atoms with Crippen molar-refractivity contribution in [2.75, 3.05) is 0 Å². The maximum atomic E-state index is 7.62. The van der Waals surface area contributed by atoms with E-state index in [4.69, 9.17) is 22.7 Å². The molecule has 0 fully saturated rings. The van der Waals surface area contributed by atoms with Gasteiger partial charge < -0.3 is 5.73 Å². The van der Waals surface area contributed by atoms with E-state index in [0.29, 0.717) is 10.6 Å². The van der Waals surface area contributed by atoms with E-state index in [1.54, 1.807) is 4.68 Å². The van der Waals surface area contributed by atoms with Crippen molar-refractivity contribution < 1.29 is 0 Å². The molecule has 0 amide bonds. The largest absolute Gasteiger partial charge is 0.384 e. The van der Waals surface area contributed by atoms with Gasteiger partial charge in [0.25, 0.3) is 0 Å². The second-order valence-corrected chi connectivity index (χ2v) is 5.36. The van der Waals surface area contributed by atoms with Gasteiger partial charge in [-0.05, 0) is 25.1 Å². The summed E-state index contributed by atoms with van der Waals surface area (Å²) >= 11 is 7.46. The molecule has 0 aliphatic heterocycles. The lowest BCUT2D eigenvalue weighted by Gasteiger charge is -2.05. The molecule has 94 valence electrons. The summed E-state index contributed by atoms with van der Waals surface area (Å²) in [5.74, 6) is 0.0325. The maximum Gasteiger partial charge on any atom is 0.127 e. The minimum atomic E-state index is 0.0325. The minimum Gasteiger partial charge on any atom is -0.384 e. The predicted molar refractivity (Wildman–Crippen MR) is 74.5 cm³/mol. The fourth-order valence-corrected chi connectivity index (χ4v) is 3.05. The van der Waals surface area contributed by atoms with Crippen LogP contribution in [0.15, 0.2) is 34.2 Å². The fourth-order valence-electron chi connectivity index (χ4n) is 1.71. The minimum absolute atomic E-state index is 0.0325. The molecule has 0 aliphatic carbocycles. The third kappa shape index (κ3) is 2.52. The molecule has 18 heavy (non-hydrogen) atoms. The Morgan fingerprint density at radius 1 is 1.50 bits per heavy atom. The van der Waals surface area contributed by atoms with Crippen LogP contribution in [0.4, 0.5) is 0 Å². The Bertz CT molecular complexity index is 606. The number of halogens is 1. The summed E-state index contributed by atoms with van der Waals surface area (Å²) in [6.07, 6.45) is 0. The highest BCUT2D eigenvalue weighted by molar-refractivity contribution is 7.99. The van der Waals surface area contributed by atoms with Gasteiger partial charge in [-0.15, -0.1) is 0 Å². The molecule has 1 aromatic heterocycles. The zero-order valence-electron chi connectivity index (χ0n) is 10.1. The van der Waals surface area contributed by atoms with Gasteiger partial charge in [0.2, 0.25) is 0 Å². The molecule has 1 aromatic carbocycles. The predicted octanol–water partition coefficient (Wildman–Crippen LogP) is 2.82. The van der Waals surface area contributed by atoms with Crippen molar-refractivity contribution in [3.63, 3.8) is 0 Å². The first kappa shape index (κ1) is 13.0. The van der Waals surface area contributed by atoms with Crippen LogP contribution in [0.25, 0.3) is 0 Å². The summed E-state index contributed by atoms with van der Waals surface area (Å²) in [4.78, 5) is 0.994. The lowest BCUT2D eigenvalue weighted by molar-refractivity contribution is 0.692. The van der Waals surface area contributed by atoms with Crippen LogP contribution in [0.2, 0.25) is 5.02 Å². The Morgan fingerprint density at radius 2 is 2.22 bits per heavy atom. The highest BCUT2D eigenvalue weighted by Crippen LogP contribution is 2.32. The maximum absolute atomic E-state index is 7.62. The normalized spacial score (nSPS) is 10.6. The van der Waals surface area contributed by atoms with Crippen molar-refractivity contribution in [3.8, 4) is 0 Å². The summed E-state index contributed by atoms with van der Waals surface area (Å²) in [5, 5.41) is 13.4. The summed E-state index contributed by atoms with van der Waals surface area (Å²) in [6, 6.07) is 7.55. The van der Waals surface area contributed by atoms with E-state index < -0.39 is 0 Å². The lowest BCUT2D eigenvalue weighted by Crippen LogP contribution is -2.13. The van der Waals surface area contributed by atoms with Gasteiger partial charge in [-0.2, -0.15) is 5.10 Å². The Hall–Kier alpha value is -1.46. The van der Waals surface area contributed by atoms with Gasteiger partial charge in [0.15, 0.2) is 0 Å². The van der Waals surface area contributed by atoms with Crippen molar-refractivity contribution in [3.05, 3.63) is 40.5 Å². The smallest absolute Gasteiger partial charge is 0.127 e. The number of benzene rings is 1. The van der Waals surface area contributed by atoms with Crippen LogP contribution in [-0.4, -0.2) is 15.6 Å². The van der Waals surface area contributed by atoms with Crippen molar-refractivity contribution in [1.29, 1.82) is 5.41 Å². The summed E-state index contributed by atoms with van der Waals surface area (Å²) in [7, 11) is 1.84. The lowest BCUT2D eigenvalue weighted by atomic mass is 10.2. The number of hydrogen-bond acceptors (Lipinski definition) is 3. The molecular formula is C12H13ClN4S. The van der Waals surface area contributed by atoms with Gasteiger partial charge in [-0.1, -0.05) is 29.4 Å². The monoisotopic (exact) mass is 280 g/mol. The van der Waals surface area contributed by atoms with E-state index >= 15 is 0 Å². The quantitative estimate of drug-likeness (QED) is 0.671. The molecule has 0 saturated carbocycles. The summed E-state index contributed by atoms with van der Waals surface area (Å²) in [5.41, 5.74) is 7.04. The number of aryl methyl sites for hydroxylation is 2. The molecule has 2 rings (SSSR count). The third-order valence-electron chi connectivity index (χ3n) is 2.45. The molecule has 0 radical (unpaired) electrons. The van der Waals surface area contributed by atoms with Crippen LogP contribution in [0.5, 0.6) is 0 Å². The molecule has 0 atom stereocenters. The molecule has 0 saturated heterocycles. The number of hydrogen-bond donors (Lipinski definition) is 2. The molecule has 4 nitrogen and oxygen atoms in total. The topological polar surface area (TPSA) is 67.7 Å². The molecule has 3 N–H and O–H groups in total. The van der Waals surface area contributed by atoms with Gasteiger partial charge in [0.05, 0.1) is 11.3 Å². The first-order chi connectivity index (χ1) is 8.49. The third-order valence-corrected chi connectivity index (χ3v) is 3.84. The molecule has 0 spiro atoms. The Balaban J connectivity index is 2.43. The first-order valence-electron chi connectivity index (χ1n) is 5.30. The van der Waals surface area contributed by atoms with Gasteiger partial charge in [-0.25, -0.2) is 0 Å². The average molecular weight is 281 g/mol. The van der Waals surface area contributed by atoms with Crippen molar-refractivity contribution >= 4 is 29.2 Å². The van der Waals surface area contributed by atoms with E-state index in [2.05, 4.69) is 5.10 Å². The highest BCUT2D eigenvalue weighted by Gasteiger charge is 2.16. The van der Waals surface area contributed by atoms with Crippen LogP contribution in [-0.2, 0) is 7.05 Å².